The Bertz CT molecular complexity index is 1100. The molecule has 0 aromatic heterocycles. The van der Waals surface area contributed by atoms with Crippen molar-refractivity contribution in [2.24, 2.45) is 0 Å². The summed E-state index contributed by atoms with van der Waals surface area (Å²) < 4.78 is 84.0. The Balaban J connectivity index is 1.92. The van der Waals surface area contributed by atoms with Gasteiger partial charge in [-0.15, -0.1) is 0 Å². The molecule has 3 aromatic carbocycles. The van der Waals surface area contributed by atoms with Gasteiger partial charge in [-0.25, -0.2) is 26.3 Å². The van der Waals surface area contributed by atoms with Gasteiger partial charge in [0.05, 0.1) is 5.56 Å². The van der Waals surface area contributed by atoms with Crippen molar-refractivity contribution in [2.75, 3.05) is 0 Å². The van der Waals surface area contributed by atoms with Crippen molar-refractivity contribution in [1.29, 1.82) is 0 Å². The van der Waals surface area contributed by atoms with Crippen molar-refractivity contribution >= 4 is 0 Å². The zero-order valence-corrected chi connectivity index (χ0v) is 17.4. The molecular weight excluding hydrogens is 430 g/mol. The van der Waals surface area contributed by atoms with Crippen molar-refractivity contribution in [1.82, 2.24) is 0 Å². The molecule has 1 radical (unpaired) electrons. The fourth-order valence-electron chi connectivity index (χ4n) is 3.64. The van der Waals surface area contributed by atoms with Crippen molar-refractivity contribution in [3.8, 4) is 16.9 Å². The molecule has 32 heavy (non-hydrogen) atoms. The second-order valence-electron chi connectivity index (χ2n) is 7.67. The summed E-state index contributed by atoms with van der Waals surface area (Å²) in [4.78, 5) is 0. The van der Waals surface area contributed by atoms with Crippen LogP contribution in [0.4, 0.5) is 26.3 Å². The summed E-state index contributed by atoms with van der Waals surface area (Å²) in [5.74, 6) is -8.66. The van der Waals surface area contributed by atoms with E-state index in [1.54, 1.807) is 6.07 Å². The van der Waals surface area contributed by atoms with E-state index in [9.17, 15) is 27.1 Å². The summed E-state index contributed by atoms with van der Waals surface area (Å²) in [5, 5.41) is 12.3. The first-order valence-corrected chi connectivity index (χ1v) is 10.3. The molecule has 0 aliphatic heterocycles. The SMILES string of the molecule is CCCCCc1ccc(-c2c([O])cc(F)c(CCc3cc(F)c(F)c(F)c3)c2F)c(F)c1. The van der Waals surface area contributed by atoms with Gasteiger partial charge in [-0.2, -0.15) is 0 Å². The second-order valence-corrected chi connectivity index (χ2v) is 7.67. The molecule has 169 valence electrons. The first kappa shape index (κ1) is 23.7. The highest BCUT2D eigenvalue weighted by Crippen LogP contribution is 2.38. The van der Waals surface area contributed by atoms with Crippen LogP contribution in [-0.4, -0.2) is 0 Å². The number of rotatable bonds is 8. The van der Waals surface area contributed by atoms with E-state index in [2.05, 4.69) is 0 Å². The van der Waals surface area contributed by atoms with Crippen LogP contribution in [0.5, 0.6) is 5.75 Å². The van der Waals surface area contributed by atoms with Gasteiger partial charge in [0.15, 0.2) is 23.2 Å². The minimum atomic E-state index is -1.64. The van der Waals surface area contributed by atoms with Crippen molar-refractivity contribution in [2.45, 2.75) is 45.4 Å². The molecule has 0 heterocycles. The lowest BCUT2D eigenvalue weighted by molar-refractivity contribution is 0.350. The minimum absolute atomic E-state index is 0.0180. The molecule has 0 saturated heterocycles. The molecule has 0 aliphatic rings. The highest BCUT2D eigenvalue weighted by molar-refractivity contribution is 5.72. The monoisotopic (exact) mass is 451 g/mol. The minimum Gasteiger partial charge on any atom is -0.289 e. The molecular formula is C25H21F6O. The first-order valence-electron chi connectivity index (χ1n) is 10.3. The van der Waals surface area contributed by atoms with E-state index in [0.29, 0.717) is 18.1 Å². The van der Waals surface area contributed by atoms with Crippen LogP contribution in [0.1, 0.15) is 42.9 Å². The van der Waals surface area contributed by atoms with E-state index < -0.39 is 51.8 Å². The molecule has 0 aliphatic carbocycles. The van der Waals surface area contributed by atoms with Gasteiger partial charge < -0.3 is 0 Å². The summed E-state index contributed by atoms with van der Waals surface area (Å²) in [6.07, 6.45) is 2.89. The fraction of sp³-hybridized carbons (Fsp3) is 0.280. The number of unbranched alkanes of at least 4 members (excludes halogenated alkanes) is 2. The van der Waals surface area contributed by atoms with Gasteiger partial charge in [-0.1, -0.05) is 31.9 Å². The average molecular weight is 451 g/mol. The van der Waals surface area contributed by atoms with Gasteiger partial charge in [-0.05, 0) is 55.0 Å². The number of benzene rings is 3. The molecule has 0 atom stereocenters. The lowest BCUT2D eigenvalue weighted by Crippen LogP contribution is -2.03. The van der Waals surface area contributed by atoms with Crippen LogP contribution in [0, 0.1) is 34.9 Å². The van der Waals surface area contributed by atoms with Crippen LogP contribution in [0.2, 0.25) is 0 Å². The van der Waals surface area contributed by atoms with Gasteiger partial charge >= 0.3 is 0 Å². The molecule has 0 spiro atoms. The van der Waals surface area contributed by atoms with Crippen molar-refractivity contribution in [3.05, 3.63) is 88.0 Å². The Morgan fingerprint density at radius 1 is 0.656 bits per heavy atom. The number of hydrogen-bond donors (Lipinski definition) is 0. The third kappa shape index (κ3) is 5.09. The molecule has 0 amide bonds. The molecule has 7 heteroatoms. The smallest absolute Gasteiger partial charge is 0.194 e. The van der Waals surface area contributed by atoms with Gasteiger partial charge in [0, 0.05) is 17.2 Å². The third-order valence-electron chi connectivity index (χ3n) is 5.36. The van der Waals surface area contributed by atoms with Crippen molar-refractivity contribution in [3.63, 3.8) is 0 Å². The van der Waals surface area contributed by atoms with Gasteiger partial charge in [-0.3, -0.25) is 5.11 Å². The molecule has 0 saturated carbocycles. The summed E-state index contributed by atoms with van der Waals surface area (Å²) in [6, 6.07) is 6.15. The topological polar surface area (TPSA) is 19.9 Å². The van der Waals surface area contributed by atoms with Crippen LogP contribution in [-0.2, 0) is 24.4 Å². The largest absolute Gasteiger partial charge is 0.289 e. The highest BCUT2D eigenvalue weighted by Gasteiger charge is 2.23. The van der Waals surface area contributed by atoms with Crippen LogP contribution in [0.3, 0.4) is 0 Å². The van der Waals surface area contributed by atoms with E-state index in [1.165, 1.54) is 12.1 Å². The van der Waals surface area contributed by atoms with Crippen molar-refractivity contribution < 1.29 is 31.4 Å². The number of aryl methyl sites for hydroxylation is 2. The van der Waals surface area contributed by atoms with E-state index in [4.69, 9.17) is 0 Å². The van der Waals surface area contributed by atoms with Crippen LogP contribution >= 0.6 is 0 Å². The van der Waals surface area contributed by atoms with Gasteiger partial charge in [0.2, 0.25) is 0 Å². The summed E-state index contributed by atoms with van der Waals surface area (Å²) in [6.45, 7) is 2.04. The second kappa shape index (κ2) is 10.1. The lowest BCUT2D eigenvalue weighted by Gasteiger charge is -2.13. The third-order valence-corrected chi connectivity index (χ3v) is 5.36. The maximum Gasteiger partial charge on any atom is 0.194 e. The first-order chi connectivity index (χ1) is 15.2. The number of halogens is 6. The maximum absolute atomic E-state index is 15.1. The molecule has 1 nitrogen and oxygen atoms in total. The van der Waals surface area contributed by atoms with Gasteiger partial charge in [0.25, 0.3) is 0 Å². The van der Waals surface area contributed by atoms with Crippen LogP contribution < -0.4 is 0 Å². The Morgan fingerprint density at radius 3 is 1.94 bits per heavy atom. The Hall–Kier alpha value is -2.96. The Labute approximate surface area is 182 Å². The maximum atomic E-state index is 15.1. The zero-order chi connectivity index (χ0) is 23.4. The Kier molecular flexibility index (Phi) is 7.48. The highest BCUT2D eigenvalue weighted by atomic mass is 19.2. The summed E-state index contributed by atoms with van der Waals surface area (Å²) in [5.41, 5.74) is -0.718. The predicted octanol–water partition coefficient (Wildman–Crippen LogP) is 7.85. The molecule has 0 N–H and O–H groups in total. The molecule has 3 aromatic rings. The van der Waals surface area contributed by atoms with Crippen LogP contribution in [0.15, 0.2) is 36.4 Å². The standard InChI is InChI=1S/C25H21F6O/c1-2-3-4-5-14-6-8-16(18(26)10-14)23-22(32)13-19(27)17(24(23)30)9-7-15-11-20(28)25(31)21(29)12-15/h6,8,10-13H,2-5,7,9H2,1H3. The van der Waals surface area contributed by atoms with Crippen LogP contribution in [0.25, 0.3) is 11.1 Å². The lowest BCUT2D eigenvalue weighted by atomic mass is 9.95. The molecule has 0 bridgehead atoms. The summed E-state index contributed by atoms with van der Waals surface area (Å²) >= 11 is 0. The molecule has 0 unspecified atom stereocenters. The van der Waals surface area contributed by atoms with Gasteiger partial charge in [0.1, 0.15) is 17.5 Å². The normalized spacial score (nSPS) is 11.2. The number of hydrogen-bond acceptors (Lipinski definition) is 0. The van der Waals surface area contributed by atoms with E-state index in [-0.39, 0.29) is 24.0 Å². The summed E-state index contributed by atoms with van der Waals surface area (Å²) in [7, 11) is 0. The molecule has 3 rings (SSSR count). The predicted molar refractivity (Wildman–Crippen MR) is 109 cm³/mol. The van der Waals surface area contributed by atoms with E-state index in [1.807, 2.05) is 6.92 Å². The Morgan fingerprint density at radius 2 is 1.31 bits per heavy atom. The average Bonchev–Trinajstić information content (AvgIpc) is 2.73. The quantitative estimate of drug-likeness (QED) is 0.189. The van der Waals surface area contributed by atoms with E-state index >= 15 is 4.39 Å². The molecule has 0 fully saturated rings. The fourth-order valence-corrected chi connectivity index (χ4v) is 3.64. The van der Waals surface area contributed by atoms with E-state index in [0.717, 1.165) is 31.4 Å². The zero-order valence-electron chi connectivity index (χ0n) is 17.4.